The van der Waals surface area contributed by atoms with Crippen molar-refractivity contribution >= 4 is 29.5 Å². The molecule has 2 N–H and O–H groups in total. The van der Waals surface area contributed by atoms with Crippen molar-refractivity contribution in [3.05, 3.63) is 29.8 Å². The molecular formula is C17H21N3O5. The molecule has 1 saturated heterocycles. The third kappa shape index (κ3) is 4.34. The predicted octanol–water partition coefficient (Wildman–Crippen LogP) is 1.20. The normalized spacial score (nSPS) is 17.0. The second-order valence-electron chi connectivity index (χ2n) is 6.43. The molecule has 0 aliphatic carbocycles. The fraction of sp³-hybridized carbons (Fsp3) is 0.412. The number of nitrogens with one attached hydrogen (secondary N) is 2. The smallest absolute Gasteiger partial charge is 0.327 e. The Hall–Kier alpha value is -2.90. The molecule has 1 atom stereocenters. The fourth-order valence-corrected chi connectivity index (χ4v) is 2.26. The lowest BCUT2D eigenvalue weighted by Crippen LogP contribution is -2.42. The largest absolute Gasteiger partial charge is 0.451 e. The minimum atomic E-state index is -1.07. The van der Waals surface area contributed by atoms with Crippen molar-refractivity contribution in [3.8, 4) is 0 Å². The Bertz CT molecular complexity index is 711. The molecule has 2 rings (SSSR count). The summed E-state index contributed by atoms with van der Waals surface area (Å²) in [5.74, 6) is -1.87. The zero-order valence-electron chi connectivity index (χ0n) is 14.6. The quantitative estimate of drug-likeness (QED) is 0.615. The van der Waals surface area contributed by atoms with Crippen LogP contribution in [0.15, 0.2) is 24.3 Å². The average Bonchev–Trinajstić information content (AvgIpc) is 2.71. The van der Waals surface area contributed by atoms with E-state index in [-0.39, 0.29) is 0 Å². The summed E-state index contributed by atoms with van der Waals surface area (Å²) in [6.07, 6.45) is -1.07. The minimum absolute atomic E-state index is 0.505. The van der Waals surface area contributed by atoms with E-state index in [1.807, 2.05) is 19.1 Å². The maximum absolute atomic E-state index is 12.1. The van der Waals surface area contributed by atoms with Crippen molar-refractivity contribution in [1.29, 1.82) is 0 Å². The standard InChI is InChI=1S/C17H21N3O5/c1-10-5-7-12(8-6-10)18-14(22)11(2)25-13(21)9-20-15(23)17(3,4)19-16(20)24/h5-8,11H,9H2,1-4H3,(H,18,22)(H,19,24)/t11-/m1/s1. The van der Waals surface area contributed by atoms with E-state index >= 15 is 0 Å². The second kappa shape index (κ2) is 6.92. The van der Waals surface area contributed by atoms with Crippen LogP contribution in [0.2, 0.25) is 0 Å². The number of nitrogens with zero attached hydrogens (tertiary/aromatic N) is 1. The highest BCUT2D eigenvalue weighted by atomic mass is 16.5. The van der Waals surface area contributed by atoms with Gasteiger partial charge in [-0.3, -0.25) is 19.3 Å². The molecule has 1 fully saturated rings. The lowest BCUT2D eigenvalue weighted by Gasteiger charge is -2.17. The number of hydrogen-bond acceptors (Lipinski definition) is 5. The van der Waals surface area contributed by atoms with E-state index in [0.29, 0.717) is 5.69 Å². The zero-order valence-corrected chi connectivity index (χ0v) is 14.6. The van der Waals surface area contributed by atoms with Crippen LogP contribution < -0.4 is 10.6 Å². The van der Waals surface area contributed by atoms with Crippen molar-refractivity contribution in [2.24, 2.45) is 0 Å². The Morgan fingerprint density at radius 2 is 1.84 bits per heavy atom. The summed E-state index contributed by atoms with van der Waals surface area (Å²) in [6.45, 7) is 5.87. The van der Waals surface area contributed by atoms with Gasteiger partial charge < -0.3 is 15.4 Å². The third-order valence-corrected chi connectivity index (χ3v) is 3.73. The molecule has 1 aliphatic rings. The number of imide groups is 1. The molecule has 4 amide bonds. The molecule has 134 valence electrons. The van der Waals surface area contributed by atoms with E-state index in [9.17, 15) is 19.2 Å². The van der Waals surface area contributed by atoms with Gasteiger partial charge in [0.15, 0.2) is 6.10 Å². The number of esters is 1. The molecule has 8 heteroatoms. The topological polar surface area (TPSA) is 105 Å². The first-order chi connectivity index (χ1) is 11.6. The first-order valence-electron chi connectivity index (χ1n) is 7.81. The van der Waals surface area contributed by atoms with Crippen LogP contribution in [-0.4, -0.2) is 46.9 Å². The number of hydrogen-bond donors (Lipinski definition) is 2. The maximum atomic E-state index is 12.1. The molecular weight excluding hydrogens is 326 g/mol. The molecule has 0 bridgehead atoms. The van der Waals surface area contributed by atoms with Crippen molar-refractivity contribution < 1.29 is 23.9 Å². The van der Waals surface area contributed by atoms with Gasteiger partial charge in [-0.1, -0.05) is 17.7 Å². The molecule has 1 heterocycles. The van der Waals surface area contributed by atoms with Crippen LogP contribution in [0, 0.1) is 6.92 Å². The number of rotatable bonds is 5. The van der Waals surface area contributed by atoms with E-state index in [1.165, 1.54) is 20.8 Å². The van der Waals surface area contributed by atoms with Gasteiger partial charge in [-0.25, -0.2) is 4.79 Å². The lowest BCUT2D eigenvalue weighted by atomic mass is 10.1. The van der Waals surface area contributed by atoms with Crippen molar-refractivity contribution in [1.82, 2.24) is 10.2 Å². The van der Waals surface area contributed by atoms with Gasteiger partial charge in [0.05, 0.1) is 0 Å². The van der Waals surface area contributed by atoms with Crippen LogP contribution in [0.1, 0.15) is 26.3 Å². The number of carbonyl (C=O) groups excluding carboxylic acids is 4. The summed E-state index contributed by atoms with van der Waals surface area (Å²) in [5.41, 5.74) is 0.564. The van der Waals surface area contributed by atoms with E-state index in [0.717, 1.165) is 10.5 Å². The van der Waals surface area contributed by atoms with Gasteiger partial charge in [-0.05, 0) is 39.8 Å². The fourth-order valence-electron chi connectivity index (χ4n) is 2.26. The van der Waals surface area contributed by atoms with Crippen molar-refractivity contribution in [3.63, 3.8) is 0 Å². The SMILES string of the molecule is Cc1ccc(NC(=O)[C@@H](C)OC(=O)CN2C(=O)NC(C)(C)C2=O)cc1. The van der Waals surface area contributed by atoms with E-state index in [4.69, 9.17) is 4.74 Å². The number of amides is 4. The Kier molecular flexibility index (Phi) is 5.10. The highest BCUT2D eigenvalue weighted by Crippen LogP contribution is 2.16. The molecule has 1 aromatic carbocycles. The molecule has 1 aliphatic heterocycles. The van der Waals surface area contributed by atoms with Crippen LogP contribution in [0.3, 0.4) is 0 Å². The predicted molar refractivity (Wildman–Crippen MR) is 89.7 cm³/mol. The first kappa shape index (κ1) is 18.4. The second-order valence-corrected chi connectivity index (χ2v) is 6.43. The van der Waals surface area contributed by atoms with Gasteiger partial charge in [-0.15, -0.1) is 0 Å². The van der Waals surface area contributed by atoms with Gasteiger partial charge in [0.2, 0.25) is 0 Å². The van der Waals surface area contributed by atoms with Gasteiger partial charge in [0.25, 0.3) is 11.8 Å². The highest BCUT2D eigenvalue weighted by molar-refractivity contribution is 6.08. The van der Waals surface area contributed by atoms with Gasteiger partial charge in [0.1, 0.15) is 12.1 Å². The summed E-state index contributed by atoms with van der Waals surface area (Å²) >= 11 is 0. The Balaban J connectivity index is 1.89. The molecule has 0 radical (unpaired) electrons. The third-order valence-electron chi connectivity index (χ3n) is 3.73. The Morgan fingerprint density at radius 3 is 2.36 bits per heavy atom. The number of carbonyl (C=O) groups is 4. The van der Waals surface area contributed by atoms with Gasteiger partial charge >= 0.3 is 12.0 Å². The van der Waals surface area contributed by atoms with Crippen LogP contribution >= 0.6 is 0 Å². The zero-order chi connectivity index (χ0) is 18.8. The van der Waals surface area contributed by atoms with Crippen LogP contribution in [0.4, 0.5) is 10.5 Å². The summed E-state index contributed by atoms with van der Waals surface area (Å²) < 4.78 is 5.01. The minimum Gasteiger partial charge on any atom is -0.451 e. The number of ether oxygens (including phenoxy) is 1. The molecule has 0 spiro atoms. The summed E-state index contributed by atoms with van der Waals surface area (Å²) in [7, 11) is 0. The van der Waals surface area contributed by atoms with Gasteiger partial charge in [-0.2, -0.15) is 0 Å². The highest BCUT2D eigenvalue weighted by Gasteiger charge is 2.45. The molecule has 0 aromatic heterocycles. The van der Waals surface area contributed by atoms with Crippen molar-refractivity contribution in [2.45, 2.75) is 39.3 Å². The van der Waals surface area contributed by atoms with E-state index < -0.39 is 42.0 Å². The molecule has 0 unspecified atom stereocenters. The first-order valence-corrected chi connectivity index (χ1v) is 7.81. The Labute approximate surface area is 145 Å². The summed E-state index contributed by atoms with van der Waals surface area (Å²) in [4.78, 5) is 48.5. The number of benzene rings is 1. The molecule has 25 heavy (non-hydrogen) atoms. The van der Waals surface area contributed by atoms with E-state index in [2.05, 4.69) is 10.6 Å². The van der Waals surface area contributed by atoms with Crippen LogP contribution in [0.25, 0.3) is 0 Å². The number of aryl methyl sites for hydroxylation is 1. The summed E-state index contributed by atoms with van der Waals surface area (Å²) in [6, 6.07) is 6.48. The molecule has 1 aromatic rings. The Morgan fingerprint density at radius 1 is 1.24 bits per heavy atom. The average molecular weight is 347 g/mol. The number of urea groups is 1. The molecule has 8 nitrogen and oxygen atoms in total. The maximum Gasteiger partial charge on any atom is 0.327 e. The van der Waals surface area contributed by atoms with Crippen molar-refractivity contribution in [2.75, 3.05) is 11.9 Å². The number of anilines is 1. The monoisotopic (exact) mass is 347 g/mol. The van der Waals surface area contributed by atoms with Gasteiger partial charge in [0, 0.05) is 5.69 Å². The van der Waals surface area contributed by atoms with Crippen LogP contribution in [0.5, 0.6) is 0 Å². The van der Waals surface area contributed by atoms with Crippen LogP contribution in [-0.2, 0) is 19.1 Å². The summed E-state index contributed by atoms with van der Waals surface area (Å²) in [5, 5.41) is 5.08. The lowest BCUT2D eigenvalue weighted by molar-refractivity contribution is -0.155. The van der Waals surface area contributed by atoms with E-state index in [1.54, 1.807) is 12.1 Å². The molecule has 0 saturated carbocycles.